The fraction of sp³-hybridized carbons (Fsp3) is 0.333. The van der Waals surface area contributed by atoms with Crippen LogP contribution in [-0.2, 0) is 20.1 Å². The summed E-state index contributed by atoms with van der Waals surface area (Å²) in [5.74, 6) is 1.15. The second kappa shape index (κ2) is 11.0. The second-order valence-electron chi connectivity index (χ2n) is 7.43. The highest BCUT2D eigenvalue weighted by Crippen LogP contribution is 2.28. The fourth-order valence-corrected chi connectivity index (χ4v) is 3.57. The molecule has 1 atom stereocenters. The minimum atomic E-state index is -0.374. The third kappa shape index (κ3) is 5.81. The lowest BCUT2D eigenvalue weighted by molar-refractivity contribution is 0.275. The number of halogens is 1. The molecule has 0 spiro atoms. The molecule has 0 fully saturated rings. The van der Waals surface area contributed by atoms with Gasteiger partial charge in [-0.1, -0.05) is 36.7 Å². The Hall–Kier alpha value is -3.03. The highest BCUT2D eigenvalue weighted by Gasteiger charge is 2.11. The van der Waals surface area contributed by atoms with E-state index in [1.54, 1.807) is 14.2 Å². The second-order valence-corrected chi connectivity index (χ2v) is 7.86. The Bertz CT molecular complexity index is 1160. The molecule has 0 aliphatic carbocycles. The van der Waals surface area contributed by atoms with Gasteiger partial charge in [-0.05, 0) is 41.8 Å². The number of hydrogen-bond acceptors (Lipinski definition) is 5. The molecule has 1 heterocycles. The average Bonchev–Trinajstić information content (AvgIpc) is 2.80. The summed E-state index contributed by atoms with van der Waals surface area (Å²) in [7, 11) is 3.18. The lowest BCUT2D eigenvalue weighted by atomic mass is 10.0. The lowest BCUT2D eigenvalue weighted by Gasteiger charge is -2.18. The smallest absolute Gasteiger partial charge is 0.330 e. The predicted molar refractivity (Wildman–Crippen MR) is 126 cm³/mol. The molecule has 3 rings (SSSR count). The van der Waals surface area contributed by atoms with Crippen molar-refractivity contribution >= 4 is 11.6 Å². The Labute approximate surface area is 192 Å². The van der Waals surface area contributed by atoms with Crippen molar-refractivity contribution in [1.82, 2.24) is 14.5 Å². The Balaban J connectivity index is 1.63. The van der Waals surface area contributed by atoms with Gasteiger partial charge in [0.1, 0.15) is 6.61 Å². The molecule has 0 aliphatic heterocycles. The van der Waals surface area contributed by atoms with Crippen molar-refractivity contribution in [2.75, 3.05) is 13.7 Å². The number of ether oxygens (including phenoxy) is 2. The maximum absolute atomic E-state index is 12.1. The highest BCUT2D eigenvalue weighted by molar-refractivity contribution is 6.30. The SMILES string of the molecule is CCC(NCc1ccc(OCCn2c(=O)ccn(C)c2=O)c(OC)c1)c1ccc(Cl)cc1. The van der Waals surface area contributed by atoms with Gasteiger partial charge in [0.15, 0.2) is 11.5 Å². The third-order valence-corrected chi connectivity index (χ3v) is 5.53. The van der Waals surface area contributed by atoms with Crippen LogP contribution in [0.3, 0.4) is 0 Å². The summed E-state index contributed by atoms with van der Waals surface area (Å²) in [5.41, 5.74) is 1.51. The van der Waals surface area contributed by atoms with Crippen molar-refractivity contribution in [2.45, 2.75) is 32.5 Å². The number of nitrogens with zero attached hydrogens (tertiary/aromatic N) is 2. The first-order valence-corrected chi connectivity index (χ1v) is 10.9. The molecule has 0 radical (unpaired) electrons. The number of methoxy groups -OCH3 is 1. The van der Waals surface area contributed by atoms with E-state index in [-0.39, 0.29) is 30.4 Å². The third-order valence-electron chi connectivity index (χ3n) is 5.27. The van der Waals surface area contributed by atoms with E-state index in [1.807, 2.05) is 42.5 Å². The molecule has 0 saturated carbocycles. The summed E-state index contributed by atoms with van der Waals surface area (Å²) in [6.07, 6.45) is 2.39. The van der Waals surface area contributed by atoms with E-state index in [0.717, 1.165) is 21.6 Å². The van der Waals surface area contributed by atoms with Gasteiger partial charge in [0.25, 0.3) is 5.56 Å². The number of aryl methyl sites for hydroxylation is 1. The molecular weight excluding hydrogens is 430 g/mol. The first-order chi connectivity index (χ1) is 15.4. The maximum Gasteiger partial charge on any atom is 0.330 e. The van der Waals surface area contributed by atoms with Crippen molar-refractivity contribution in [3.05, 3.63) is 91.7 Å². The van der Waals surface area contributed by atoms with E-state index >= 15 is 0 Å². The first-order valence-electron chi connectivity index (χ1n) is 10.5. The van der Waals surface area contributed by atoms with Crippen molar-refractivity contribution < 1.29 is 9.47 Å². The molecule has 0 aliphatic rings. The lowest BCUT2D eigenvalue weighted by Crippen LogP contribution is -2.39. The molecule has 1 aromatic heterocycles. The van der Waals surface area contributed by atoms with E-state index in [4.69, 9.17) is 21.1 Å². The maximum atomic E-state index is 12.1. The standard InChI is InChI=1S/C24H28ClN3O4/c1-4-20(18-6-8-19(25)9-7-18)26-16-17-5-10-21(22(15-17)31-3)32-14-13-28-23(29)11-12-27(2)24(28)30/h5-12,15,20,26H,4,13-14,16H2,1-3H3. The summed E-state index contributed by atoms with van der Waals surface area (Å²) in [6.45, 7) is 3.11. The van der Waals surface area contributed by atoms with Gasteiger partial charge < -0.3 is 19.4 Å². The van der Waals surface area contributed by atoms with Gasteiger partial charge in [0.05, 0.1) is 13.7 Å². The zero-order valence-electron chi connectivity index (χ0n) is 18.5. The van der Waals surface area contributed by atoms with Crippen LogP contribution in [0.5, 0.6) is 11.5 Å². The van der Waals surface area contributed by atoms with Crippen LogP contribution in [0, 0.1) is 0 Å². The van der Waals surface area contributed by atoms with Crippen LogP contribution < -0.4 is 26.0 Å². The predicted octanol–water partition coefficient (Wildman–Crippen LogP) is 3.53. The molecule has 0 saturated heterocycles. The summed E-state index contributed by atoms with van der Waals surface area (Å²) >= 11 is 5.99. The molecule has 0 bridgehead atoms. The van der Waals surface area contributed by atoms with Gasteiger partial charge in [0.2, 0.25) is 0 Å². The van der Waals surface area contributed by atoms with Crippen molar-refractivity contribution in [3.8, 4) is 11.5 Å². The van der Waals surface area contributed by atoms with Crippen LogP contribution in [0.1, 0.15) is 30.5 Å². The minimum Gasteiger partial charge on any atom is -0.493 e. The van der Waals surface area contributed by atoms with Crippen LogP contribution in [-0.4, -0.2) is 22.9 Å². The zero-order valence-corrected chi connectivity index (χ0v) is 19.3. The topological polar surface area (TPSA) is 74.5 Å². The molecule has 8 heteroatoms. The van der Waals surface area contributed by atoms with Gasteiger partial charge in [-0.2, -0.15) is 0 Å². The largest absolute Gasteiger partial charge is 0.493 e. The quantitative estimate of drug-likeness (QED) is 0.504. The summed E-state index contributed by atoms with van der Waals surface area (Å²) in [6, 6.07) is 15.2. The van der Waals surface area contributed by atoms with Gasteiger partial charge in [0, 0.05) is 36.9 Å². The van der Waals surface area contributed by atoms with Crippen LogP contribution >= 0.6 is 11.6 Å². The highest BCUT2D eigenvalue weighted by atomic mass is 35.5. The molecule has 1 N–H and O–H groups in total. The number of benzene rings is 2. The van der Waals surface area contributed by atoms with Gasteiger partial charge in [-0.3, -0.25) is 9.36 Å². The fourth-order valence-electron chi connectivity index (χ4n) is 3.44. The molecule has 170 valence electrons. The Morgan fingerprint density at radius 3 is 2.50 bits per heavy atom. The monoisotopic (exact) mass is 457 g/mol. The molecule has 3 aromatic rings. The summed E-state index contributed by atoms with van der Waals surface area (Å²) < 4.78 is 13.8. The Morgan fingerprint density at radius 2 is 1.81 bits per heavy atom. The van der Waals surface area contributed by atoms with Crippen molar-refractivity contribution in [2.24, 2.45) is 7.05 Å². The van der Waals surface area contributed by atoms with Gasteiger partial charge >= 0.3 is 5.69 Å². The summed E-state index contributed by atoms with van der Waals surface area (Å²) in [5, 5.41) is 4.28. The molecule has 7 nitrogen and oxygen atoms in total. The van der Waals surface area contributed by atoms with E-state index in [1.165, 1.54) is 22.4 Å². The van der Waals surface area contributed by atoms with Crippen LogP contribution in [0.2, 0.25) is 5.02 Å². The van der Waals surface area contributed by atoms with Crippen molar-refractivity contribution in [3.63, 3.8) is 0 Å². The van der Waals surface area contributed by atoms with Crippen LogP contribution in [0.25, 0.3) is 0 Å². The molecule has 0 amide bonds. The minimum absolute atomic E-state index is 0.151. The average molecular weight is 458 g/mol. The van der Waals surface area contributed by atoms with Gasteiger partial charge in [-0.25, -0.2) is 4.79 Å². The molecular formula is C24H28ClN3O4. The zero-order chi connectivity index (χ0) is 23.1. The van der Waals surface area contributed by atoms with Gasteiger partial charge in [-0.15, -0.1) is 0 Å². The van der Waals surface area contributed by atoms with E-state index in [2.05, 4.69) is 12.2 Å². The van der Waals surface area contributed by atoms with E-state index < -0.39 is 0 Å². The first kappa shape index (κ1) is 23.6. The molecule has 32 heavy (non-hydrogen) atoms. The van der Waals surface area contributed by atoms with Crippen LogP contribution in [0.15, 0.2) is 64.3 Å². The molecule has 2 aromatic carbocycles. The number of nitrogens with one attached hydrogen (secondary N) is 1. The van der Waals surface area contributed by atoms with Crippen LogP contribution in [0.4, 0.5) is 0 Å². The number of hydrogen-bond donors (Lipinski definition) is 1. The normalized spacial score (nSPS) is 11.9. The summed E-state index contributed by atoms with van der Waals surface area (Å²) in [4.78, 5) is 24.0. The van der Waals surface area contributed by atoms with E-state index in [0.29, 0.717) is 18.0 Å². The Morgan fingerprint density at radius 1 is 1.06 bits per heavy atom. The number of aromatic nitrogens is 2. The van der Waals surface area contributed by atoms with E-state index in [9.17, 15) is 9.59 Å². The molecule has 1 unspecified atom stereocenters. The Kier molecular flexibility index (Phi) is 8.14. The van der Waals surface area contributed by atoms with Crippen molar-refractivity contribution in [1.29, 1.82) is 0 Å². The number of rotatable bonds is 10.